The van der Waals surface area contributed by atoms with E-state index < -0.39 is 42.7 Å². The zero-order chi connectivity index (χ0) is 22.4. The molecule has 0 unspecified atom stereocenters. The Morgan fingerprint density at radius 1 is 1.17 bits per heavy atom. The molecule has 0 aliphatic carbocycles. The third-order valence-electron chi connectivity index (χ3n) is 3.40. The second kappa shape index (κ2) is 10.5. The smallest absolute Gasteiger partial charge is 0.408 e. The first-order valence-corrected chi connectivity index (χ1v) is 9.53. The number of alkyl halides is 2. The van der Waals surface area contributed by atoms with Crippen molar-refractivity contribution >= 4 is 33.8 Å². The van der Waals surface area contributed by atoms with Gasteiger partial charge in [-0.25, -0.2) is 9.59 Å². The quantitative estimate of drug-likeness (QED) is 0.440. The van der Waals surface area contributed by atoms with E-state index in [0.717, 1.165) is 0 Å². The van der Waals surface area contributed by atoms with Gasteiger partial charge in [-0.1, -0.05) is 29.8 Å². The Morgan fingerprint density at radius 2 is 1.79 bits per heavy atom. The zero-order valence-electron chi connectivity index (χ0n) is 16.8. The molecule has 0 fully saturated rings. The first-order chi connectivity index (χ1) is 13.3. The van der Waals surface area contributed by atoms with Gasteiger partial charge in [-0.15, -0.1) is 0 Å². The molecule has 0 bridgehead atoms. The van der Waals surface area contributed by atoms with E-state index in [1.54, 1.807) is 34.6 Å². The lowest BCUT2D eigenvalue weighted by Gasteiger charge is -2.24. The lowest BCUT2D eigenvalue weighted by Crippen LogP contribution is -2.47. The fourth-order valence-corrected chi connectivity index (χ4v) is 2.50. The molecule has 0 heterocycles. The van der Waals surface area contributed by atoms with Gasteiger partial charge in [-0.3, -0.25) is 4.79 Å². The van der Waals surface area contributed by atoms with Crippen LogP contribution in [0.25, 0.3) is 0 Å². The van der Waals surface area contributed by atoms with Crippen LogP contribution < -0.4 is 10.1 Å². The van der Waals surface area contributed by atoms with Crippen LogP contribution in [-0.4, -0.2) is 42.7 Å². The van der Waals surface area contributed by atoms with Crippen LogP contribution in [0.3, 0.4) is 0 Å². The van der Waals surface area contributed by atoms with Crippen molar-refractivity contribution in [3.05, 3.63) is 28.2 Å². The standard InChI is InChI=1S/C19H24BrF2NO6/c1-10(2)15(23-18(26)29-19(3,4)5)16(25)27-9-13(24)12-7-6-11(20)8-14(12)28-17(21)22/h6-8,10,15,17H,9H2,1-5H3,(H,23,26)/t15-/m0/s1. The monoisotopic (exact) mass is 479 g/mol. The number of benzene rings is 1. The van der Waals surface area contributed by atoms with Gasteiger partial charge < -0.3 is 19.5 Å². The summed E-state index contributed by atoms with van der Waals surface area (Å²) in [5.41, 5.74) is -0.920. The Morgan fingerprint density at radius 3 is 2.31 bits per heavy atom. The molecular weight excluding hydrogens is 456 g/mol. The Balaban J connectivity index is 2.81. The van der Waals surface area contributed by atoms with Crippen LogP contribution in [0.5, 0.6) is 5.75 Å². The molecule has 0 aromatic heterocycles. The van der Waals surface area contributed by atoms with Crippen LogP contribution in [-0.2, 0) is 14.3 Å². The molecule has 1 atom stereocenters. The van der Waals surface area contributed by atoms with Crippen LogP contribution in [0.1, 0.15) is 45.0 Å². The summed E-state index contributed by atoms with van der Waals surface area (Å²) < 4.78 is 40.0. The maximum atomic E-state index is 12.6. The average Bonchev–Trinajstić information content (AvgIpc) is 2.55. The summed E-state index contributed by atoms with van der Waals surface area (Å²) in [6.07, 6.45) is -0.806. The Kier molecular flexibility index (Phi) is 9.00. The van der Waals surface area contributed by atoms with Gasteiger partial charge in [0, 0.05) is 4.47 Å². The number of halogens is 3. The number of amides is 1. The lowest BCUT2D eigenvalue weighted by atomic mass is 10.1. The molecule has 0 radical (unpaired) electrons. The summed E-state index contributed by atoms with van der Waals surface area (Å²) in [6.45, 7) is 4.53. The number of hydrogen-bond donors (Lipinski definition) is 1. The summed E-state index contributed by atoms with van der Waals surface area (Å²) in [5, 5.41) is 2.40. The van der Waals surface area contributed by atoms with Crippen molar-refractivity contribution in [2.75, 3.05) is 6.61 Å². The van der Waals surface area contributed by atoms with Crippen molar-refractivity contribution in [2.45, 2.75) is 52.9 Å². The van der Waals surface area contributed by atoms with Crippen LogP contribution in [0, 0.1) is 5.92 Å². The molecule has 0 saturated carbocycles. The number of ketones is 1. The van der Waals surface area contributed by atoms with Crippen molar-refractivity contribution in [2.24, 2.45) is 5.92 Å². The van der Waals surface area contributed by atoms with Gasteiger partial charge in [0.1, 0.15) is 17.4 Å². The molecule has 0 saturated heterocycles. The molecule has 1 amide bonds. The molecule has 1 aromatic rings. The van der Waals surface area contributed by atoms with Crippen molar-refractivity contribution in [1.82, 2.24) is 5.32 Å². The predicted octanol–water partition coefficient (Wildman–Crippen LogP) is 4.33. The van der Waals surface area contributed by atoms with E-state index in [2.05, 4.69) is 26.0 Å². The largest absolute Gasteiger partial charge is 0.456 e. The van der Waals surface area contributed by atoms with Gasteiger partial charge in [-0.2, -0.15) is 8.78 Å². The molecule has 7 nitrogen and oxygen atoms in total. The number of esters is 1. The van der Waals surface area contributed by atoms with E-state index in [-0.39, 0.29) is 17.2 Å². The molecule has 1 rings (SSSR count). The Hall–Kier alpha value is -2.23. The van der Waals surface area contributed by atoms with Crippen molar-refractivity contribution < 1.29 is 37.4 Å². The minimum absolute atomic E-state index is 0.164. The first kappa shape index (κ1) is 24.8. The highest BCUT2D eigenvalue weighted by molar-refractivity contribution is 9.10. The Bertz CT molecular complexity index is 749. The SMILES string of the molecule is CC(C)[C@H](NC(=O)OC(C)(C)C)C(=O)OCC(=O)c1ccc(Br)cc1OC(F)F. The molecule has 10 heteroatoms. The normalized spacial score (nSPS) is 12.5. The molecule has 0 aliphatic heterocycles. The molecule has 0 aliphatic rings. The number of hydrogen-bond acceptors (Lipinski definition) is 6. The molecule has 29 heavy (non-hydrogen) atoms. The Labute approximate surface area is 176 Å². The summed E-state index contributed by atoms with van der Waals surface area (Å²) in [6, 6.07) is 2.90. The number of nitrogens with one attached hydrogen (secondary N) is 1. The molecule has 162 valence electrons. The van der Waals surface area contributed by atoms with Gasteiger partial charge in [0.15, 0.2) is 6.61 Å². The van der Waals surface area contributed by atoms with Gasteiger partial charge in [-0.05, 0) is 44.9 Å². The lowest BCUT2D eigenvalue weighted by molar-refractivity contribution is -0.146. The van der Waals surface area contributed by atoms with Crippen LogP contribution in [0.4, 0.5) is 13.6 Å². The van der Waals surface area contributed by atoms with Gasteiger partial charge in [0.25, 0.3) is 0 Å². The number of carbonyl (C=O) groups excluding carboxylic acids is 3. The summed E-state index contributed by atoms with van der Waals surface area (Å²) in [5.74, 6) is -2.29. The van der Waals surface area contributed by atoms with E-state index in [0.29, 0.717) is 4.47 Å². The van der Waals surface area contributed by atoms with Gasteiger partial charge in [0.2, 0.25) is 5.78 Å². The van der Waals surface area contributed by atoms with Crippen LogP contribution >= 0.6 is 15.9 Å². The van der Waals surface area contributed by atoms with Crippen molar-refractivity contribution in [3.63, 3.8) is 0 Å². The van der Waals surface area contributed by atoms with E-state index in [4.69, 9.17) is 9.47 Å². The minimum atomic E-state index is -3.12. The minimum Gasteiger partial charge on any atom is -0.456 e. The van der Waals surface area contributed by atoms with Crippen LogP contribution in [0.2, 0.25) is 0 Å². The third kappa shape index (κ3) is 8.76. The third-order valence-corrected chi connectivity index (χ3v) is 3.89. The van der Waals surface area contributed by atoms with Gasteiger partial charge >= 0.3 is 18.7 Å². The van der Waals surface area contributed by atoms with E-state index in [1.165, 1.54) is 18.2 Å². The maximum absolute atomic E-state index is 12.6. The van der Waals surface area contributed by atoms with E-state index in [9.17, 15) is 23.2 Å². The fourth-order valence-electron chi connectivity index (χ4n) is 2.16. The van der Waals surface area contributed by atoms with E-state index >= 15 is 0 Å². The number of alkyl carbamates (subject to hydrolysis) is 1. The number of ether oxygens (including phenoxy) is 3. The fraction of sp³-hybridized carbons (Fsp3) is 0.526. The average molecular weight is 480 g/mol. The van der Waals surface area contributed by atoms with Crippen molar-refractivity contribution in [3.8, 4) is 5.75 Å². The van der Waals surface area contributed by atoms with Crippen molar-refractivity contribution in [1.29, 1.82) is 0 Å². The molecule has 0 spiro atoms. The molecule has 1 N–H and O–H groups in total. The summed E-state index contributed by atoms with van der Waals surface area (Å²) in [4.78, 5) is 36.6. The number of Topliss-reactive ketones (excluding diaryl/α,β-unsaturated/α-hetero) is 1. The topological polar surface area (TPSA) is 90.9 Å². The second-order valence-corrected chi connectivity index (χ2v) is 8.33. The highest BCUT2D eigenvalue weighted by atomic mass is 79.9. The van der Waals surface area contributed by atoms with E-state index in [1.807, 2.05) is 0 Å². The van der Waals surface area contributed by atoms with Crippen LogP contribution in [0.15, 0.2) is 22.7 Å². The zero-order valence-corrected chi connectivity index (χ0v) is 18.3. The highest BCUT2D eigenvalue weighted by Gasteiger charge is 2.29. The van der Waals surface area contributed by atoms with Gasteiger partial charge in [0.05, 0.1) is 5.56 Å². The second-order valence-electron chi connectivity index (χ2n) is 7.42. The predicted molar refractivity (Wildman–Crippen MR) is 104 cm³/mol. The summed E-state index contributed by atoms with van der Waals surface area (Å²) >= 11 is 3.10. The molecular formula is C19H24BrF2NO6. The molecule has 1 aromatic carbocycles. The number of rotatable bonds is 8. The number of carbonyl (C=O) groups is 3. The summed E-state index contributed by atoms with van der Waals surface area (Å²) in [7, 11) is 0. The maximum Gasteiger partial charge on any atom is 0.408 e. The first-order valence-electron chi connectivity index (χ1n) is 8.74. The highest BCUT2D eigenvalue weighted by Crippen LogP contribution is 2.26.